The van der Waals surface area contributed by atoms with Crippen molar-refractivity contribution in [3.05, 3.63) is 50.7 Å². The fourth-order valence-electron chi connectivity index (χ4n) is 2.17. The minimum Gasteiger partial charge on any atom is -0.313 e. The summed E-state index contributed by atoms with van der Waals surface area (Å²) in [6.45, 7) is 0. The van der Waals surface area contributed by atoms with E-state index >= 15 is 0 Å². The van der Waals surface area contributed by atoms with Crippen LogP contribution in [0.4, 0.5) is 0 Å². The molecule has 0 aliphatic rings. The smallest absolute Gasteiger partial charge is 0.0521 e. The summed E-state index contributed by atoms with van der Waals surface area (Å²) in [6, 6.07) is 6.72. The topological polar surface area (TPSA) is 29.9 Å². The molecule has 1 atom stereocenters. The highest BCUT2D eigenvalue weighted by atomic mass is 79.9. The van der Waals surface area contributed by atoms with Gasteiger partial charge < -0.3 is 5.32 Å². The Morgan fingerprint density at radius 2 is 1.95 bits per heavy atom. The maximum atomic E-state index is 4.20. The molecule has 3 nitrogen and oxygen atoms in total. The molecule has 1 unspecified atom stereocenters. The SMILES string of the molecule is CNC(CCc1cnn(C)c1)c1cc(Br)cc(Br)c1. The van der Waals surface area contributed by atoms with Gasteiger partial charge in [0, 0.05) is 28.2 Å². The molecule has 1 heterocycles. The van der Waals surface area contributed by atoms with E-state index in [4.69, 9.17) is 0 Å². The van der Waals surface area contributed by atoms with Crippen molar-refractivity contribution >= 4 is 31.9 Å². The lowest BCUT2D eigenvalue weighted by molar-refractivity contribution is 0.548. The van der Waals surface area contributed by atoms with Crippen LogP contribution >= 0.6 is 31.9 Å². The van der Waals surface area contributed by atoms with Crippen LogP contribution in [0.2, 0.25) is 0 Å². The molecule has 0 amide bonds. The molecular weight excluding hydrogens is 370 g/mol. The second kappa shape index (κ2) is 6.68. The first-order valence-electron chi connectivity index (χ1n) is 6.19. The van der Waals surface area contributed by atoms with Gasteiger partial charge in [0.05, 0.1) is 6.20 Å². The number of hydrogen-bond donors (Lipinski definition) is 1. The first-order chi connectivity index (χ1) is 9.08. The van der Waals surface area contributed by atoms with Crippen LogP contribution in [0.15, 0.2) is 39.5 Å². The fraction of sp³-hybridized carbons (Fsp3) is 0.357. The number of nitrogens with zero attached hydrogens (tertiary/aromatic N) is 2. The van der Waals surface area contributed by atoms with Crippen LogP contribution in [0.25, 0.3) is 0 Å². The molecule has 0 radical (unpaired) electrons. The van der Waals surface area contributed by atoms with Crippen molar-refractivity contribution < 1.29 is 0 Å². The summed E-state index contributed by atoms with van der Waals surface area (Å²) in [4.78, 5) is 0. The van der Waals surface area contributed by atoms with Gasteiger partial charge in [0.2, 0.25) is 0 Å². The van der Waals surface area contributed by atoms with Crippen molar-refractivity contribution in [3.63, 3.8) is 0 Å². The number of benzene rings is 1. The number of hydrogen-bond acceptors (Lipinski definition) is 2. The monoisotopic (exact) mass is 385 g/mol. The molecule has 0 aliphatic carbocycles. The highest BCUT2D eigenvalue weighted by Gasteiger charge is 2.11. The van der Waals surface area contributed by atoms with E-state index in [1.807, 2.05) is 25.0 Å². The predicted molar refractivity (Wildman–Crippen MR) is 85.2 cm³/mol. The molecule has 102 valence electrons. The molecule has 19 heavy (non-hydrogen) atoms. The Balaban J connectivity index is 2.07. The van der Waals surface area contributed by atoms with Gasteiger partial charge in [-0.15, -0.1) is 0 Å². The fourth-order valence-corrected chi connectivity index (χ4v) is 3.50. The highest BCUT2D eigenvalue weighted by Crippen LogP contribution is 2.26. The van der Waals surface area contributed by atoms with Gasteiger partial charge in [0.25, 0.3) is 0 Å². The van der Waals surface area contributed by atoms with Crippen LogP contribution in [0.3, 0.4) is 0 Å². The molecule has 0 aliphatic heterocycles. The zero-order chi connectivity index (χ0) is 13.8. The molecule has 0 spiro atoms. The Labute approximate surface area is 130 Å². The molecular formula is C14H17Br2N3. The molecule has 0 bridgehead atoms. The summed E-state index contributed by atoms with van der Waals surface area (Å²) in [6.07, 6.45) is 6.07. The van der Waals surface area contributed by atoms with E-state index in [0.717, 1.165) is 21.8 Å². The van der Waals surface area contributed by atoms with Gasteiger partial charge >= 0.3 is 0 Å². The van der Waals surface area contributed by atoms with Gasteiger partial charge in [-0.1, -0.05) is 31.9 Å². The zero-order valence-electron chi connectivity index (χ0n) is 11.0. The van der Waals surface area contributed by atoms with Crippen LogP contribution in [-0.4, -0.2) is 16.8 Å². The third-order valence-electron chi connectivity index (χ3n) is 3.12. The molecule has 1 N–H and O–H groups in total. The van der Waals surface area contributed by atoms with Crippen molar-refractivity contribution in [2.24, 2.45) is 7.05 Å². The summed E-state index contributed by atoms with van der Waals surface area (Å²) in [7, 11) is 3.95. The average molecular weight is 387 g/mol. The summed E-state index contributed by atoms with van der Waals surface area (Å²) in [5.41, 5.74) is 2.56. The van der Waals surface area contributed by atoms with Crippen LogP contribution in [0.1, 0.15) is 23.6 Å². The van der Waals surface area contributed by atoms with Crippen molar-refractivity contribution in [2.45, 2.75) is 18.9 Å². The van der Waals surface area contributed by atoms with E-state index in [9.17, 15) is 0 Å². The van der Waals surface area contributed by atoms with Crippen LogP contribution in [-0.2, 0) is 13.5 Å². The highest BCUT2D eigenvalue weighted by molar-refractivity contribution is 9.11. The molecule has 1 aromatic heterocycles. The van der Waals surface area contributed by atoms with E-state index in [-0.39, 0.29) is 0 Å². The number of rotatable bonds is 5. The largest absolute Gasteiger partial charge is 0.313 e. The van der Waals surface area contributed by atoms with Gasteiger partial charge in [-0.2, -0.15) is 5.10 Å². The van der Waals surface area contributed by atoms with Crippen LogP contribution < -0.4 is 5.32 Å². The Kier molecular flexibility index (Phi) is 5.19. The van der Waals surface area contributed by atoms with Gasteiger partial charge in [-0.05, 0) is 49.2 Å². The van der Waals surface area contributed by atoms with Gasteiger partial charge in [0.1, 0.15) is 0 Å². The lowest BCUT2D eigenvalue weighted by Crippen LogP contribution is -2.17. The number of aryl methyl sites for hydroxylation is 2. The first kappa shape index (κ1) is 14.8. The minimum absolute atomic E-state index is 0.342. The third-order valence-corrected chi connectivity index (χ3v) is 4.03. The molecule has 2 rings (SSSR count). The van der Waals surface area contributed by atoms with Gasteiger partial charge in [-0.25, -0.2) is 0 Å². The van der Waals surface area contributed by atoms with E-state index in [0.29, 0.717) is 6.04 Å². The number of nitrogens with one attached hydrogen (secondary N) is 1. The standard InChI is InChI=1S/C14H17Br2N3/c1-17-14(4-3-10-8-18-19(2)9-10)11-5-12(15)7-13(16)6-11/h5-9,14,17H,3-4H2,1-2H3. The molecule has 1 aromatic carbocycles. The van der Waals surface area contributed by atoms with Crippen molar-refractivity contribution in [2.75, 3.05) is 7.05 Å². The molecule has 5 heteroatoms. The Bertz CT molecular complexity index is 531. The van der Waals surface area contributed by atoms with E-state index in [2.05, 4.69) is 66.7 Å². The van der Waals surface area contributed by atoms with Crippen molar-refractivity contribution in [1.29, 1.82) is 0 Å². The average Bonchev–Trinajstić information content (AvgIpc) is 2.75. The molecule has 0 fully saturated rings. The summed E-state index contributed by atoms with van der Waals surface area (Å²) in [5, 5.41) is 7.58. The summed E-state index contributed by atoms with van der Waals surface area (Å²) in [5.74, 6) is 0. The molecule has 2 aromatic rings. The van der Waals surface area contributed by atoms with Crippen molar-refractivity contribution in [3.8, 4) is 0 Å². The van der Waals surface area contributed by atoms with E-state index in [1.165, 1.54) is 11.1 Å². The lowest BCUT2D eigenvalue weighted by atomic mass is 10.0. The predicted octanol–water partition coefficient (Wildman–Crippen LogP) is 3.84. The summed E-state index contributed by atoms with van der Waals surface area (Å²) >= 11 is 7.08. The van der Waals surface area contributed by atoms with Crippen LogP contribution in [0, 0.1) is 0 Å². The normalized spacial score (nSPS) is 12.6. The zero-order valence-corrected chi connectivity index (χ0v) is 14.2. The maximum Gasteiger partial charge on any atom is 0.0521 e. The Morgan fingerprint density at radius 3 is 2.47 bits per heavy atom. The second-order valence-corrected chi connectivity index (χ2v) is 6.44. The lowest BCUT2D eigenvalue weighted by Gasteiger charge is -2.17. The Morgan fingerprint density at radius 1 is 1.26 bits per heavy atom. The quantitative estimate of drug-likeness (QED) is 0.845. The Hall–Kier alpha value is -0.650. The molecule has 0 saturated heterocycles. The minimum atomic E-state index is 0.342. The molecule has 0 saturated carbocycles. The maximum absolute atomic E-state index is 4.20. The number of halogens is 2. The van der Waals surface area contributed by atoms with Crippen molar-refractivity contribution in [1.82, 2.24) is 15.1 Å². The number of aromatic nitrogens is 2. The van der Waals surface area contributed by atoms with E-state index in [1.54, 1.807) is 0 Å². The summed E-state index contributed by atoms with van der Waals surface area (Å²) < 4.78 is 4.04. The van der Waals surface area contributed by atoms with Crippen LogP contribution in [0.5, 0.6) is 0 Å². The third kappa shape index (κ3) is 4.16. The van der Waals surface area contributed by atoms with E-state index < -0.39 is 0 Å². The second-order valence-electron chi connectivity index (χ2n) is 4.60. The van der Waals surface area contributed by atoms with Gasteiger partial charge in [0.15, 0.2) is 0 Å². The van der Waals surface area contributed by atoms with Gasteiger partial charge in [-0.3, -0.25) is 4.68 Å². The first-order valence-corrected chi connectivity index (χ1v) is 7.78.